The van der Waals surface area contributed by atoms with Gasteiger partial charge >= 0.3 is 0 Å². The number of nitrogens with one attached hydrogen (secondary N) is 2. The van der Waals surface area contributed by atoms with E-state index in [1.165, 1.54) is 12.0 Å². The van der Waals surface area contributed by atoms with Gasteiger partial charge in [0.2, 0.25) is 11.8 Å². The van der Waals surface area contributed by atoms with E-state index in [-0.39, 0.29) is 17.9 Å². The lowest BCUT2D eigenvalue weighted by molar-refractivity contribution is -0.153. The monoisotopic (exact) mass is 345 g/mol. The summed E-state index contributed by atoms with van der Waals surface area (Å²) in [5, 5.41) is 9.90. The van der Waals surface area contributed by atoms with Crippen molar-refractivity contribution in [1.82, 2.24) is 25.3 Å². The average Bonchev–Trinajstić information content (AvgIpc) is 3.08. The maximum Gasteiger partial charge on any atom is 0.223 e. The lowest BCUT2D eigenvalue weighted by Gasteiger charge is -2.56. The fourth-order valence-electron chi connectivity index (χ4n) is 5.13. The van der Waals surface area contributed by atoms with E-state index in [1.807, 2.05) is 12.4 Å². The van der Waals surface area contributed by atoms with Gasteiger partial charge in [-0.1, -0.05) is 0 Å². The molecule has 2 amide bonds. The molecule has 3 aliphatic heterocycles. The van der Waals surface area contributed by atoms with E-state index in [0.717, 1.165) is 32.5 Å². The third-order valence-corrected chi connectivity index (χ3v) is 6.09. The Balaban J connectivity index is 1.54. The summed E-state index contributed by atoms with van der Waals surface area (Å²) in [5.41, 5.74) is 1.20. The molecule has 4 atom stereocenters. The number of hydrogen-bond donors (Lipinski definition) is 2. The maximum absolute atomic E-state index is 12.6. The first-order chi connectivity index (χ1) is 12.1. The first-order valence-electron chi connectivity index (χ1n) is 9.37. The summed E-state index contributed by atoms with van der Waals surface area (Å²) in [6, 6.07) is 0.466. The first-order valence-corrected chi connectivity index (χ1v) is 9.37. The number of carbonyl (C=O) groups is 2. The average molecular weight is 345 g/mol. The Kier molecular flexibility index (Phi) is 4.50. The molecule has 2 bridgehead atoms. The van der Waals surface area contributed by atoms with Crippen molar-refractivity contribution in [3.63, 3.8) is 0 Å². The second-order valence-corrected chi connectivity index (χ2v) is 7.82. The summed E-state index contributed by atoms with van der Waals surface area (Å²) in [7, 11) is 0. The highest BCUT2D eigenvalue weighted by molar-refractivity contribution is 5.78. The number of nitrogens with zero attached hydrogens (tertiary/aromatic N) is 3. The molecule has 136 valence electrons. The largest absolute Gasteiger partial charge is 0.354 e. The molecule has 7 heteroatoms. The Labute approximate surface area is 148 Å². The van der Waals surface area contributed by atoms with Crippen LogP contribution in [0.4, 0.5) is 0 Å². The predicted octanol–water partition coefficient (Wildman–Crippen LogP) is 0.747. The number of likely N-dealkylation sites (tertiary alicyclic amines) is 1. The lowest BCUT2D eigenvalue weighted by Crippen LogP contribution is -2.66. The second kappa shape index (κ2) is 6.78. The topological polar surface area (TPSA) is 81.3 Å². The molecule has 2 N–H and O–H groups in total. The fraction of sp³-hybridized carbons (Fsp3) is 0.722. The van der Waals surface area contributed by atoms with E-state index in [1.54, 1.807) is 6.92 Å². The molecular weight excluding hydrogens is 318 g/mol. The van der Waals surface area contributed by atoms with E-state index in [2.05, 4.69) is 25.3 Å². The zero-order valence-electron chi connectivity index (χ0n) is 14.8. The number of hydrogen-bond acceptors (Lipinski definition) is 4. The summed E-state index contributed by atoms with van der Waals surface area (Å²) in [6.07, 6.45) is 7.76. The van der Waals surface area contributed by atoms with Crippen LogP contribution >= 0.6 is 0 Å². The summed E-state index contributed by atoms with van der Waals surface area (Å²) in [5.74, 6) is 1.23. The minimum atomic E-state index is -0.0193. The molecule has 4 rings (SSSR count). The Hall–Kier alpha value is -1.89. The van der Waals surface area contributed by atoms with E-state index in [0.29, 0.717) is 30.8 Å². The molecule has 0 spiro atoms. The zero-order chi connectivity index (χ0) is 17.4. The molecule has 1 aromatic rings. The van der Waals surface area contributed by atoms with Gasteiger partial charge in [-0.2, -0.15) is 5.10 Å². The smallest absolute Gasteiger partial charge is 0.223 e. The summed E-state index contributed by atoms with van der Waals surface area (Å²) in [4.78, 5) is 28.7. The SMILES string of the molecule is CC(=O)NC[C@H]1[C@H]2C[C@H](CN(Cc3cn[nH]c3)C2)[C@@H]2CCCC(=O)N21. The highest BCUT2D eigenvalue weighted by Gasteiger charge is 2.49. The molecule has 3 aliphatic rings. The van der Waals surface area contributed by atoms with E-state index < -0.39 is 0 Å². The van der Waals surface area contributed by atoms with Crippen molar-refractivity contribution in [3.05, 3.63) is 18.0 Å². The number of amides is 2. The van der Waals surface area contributed by atoms with Crippen LogP contribution in [0.5, 0.6) is 0 Å². The molecule has 0 radical (unpaired) electrons. The van der Waals surface area contributed by atoms with Gasteiger partial charge in [-0.25, -0.2) is 0 Å². The number of H-pyrrole nitrogens is 1. The van der Waals surface area contributed by atoms with Crippen LogP contribution in [0.3, 0.4) is 0 Å². The maximum atomic E-state index is 12.6. The molecule has 3 fully saturated rings. The van der Waals surface area contributed by atoms with Gasteiger partial charge in [-0.3, -0.25) is 19.6 Å². The van der Waals surface area contributed by atoms with Crippen LogP contribution in [0.1, 0.15) is 38.2 Å². The summed E-state index contributed by atoms with van der Waals surface area (Å²) < 4.78 is 0. The standard InChI is InChI=1S/C18H27N5O2/c1-12(24)19-8-17-15-5-14(16-3-2-4-18(25)23(16)17)10-22(11-15)9-13-6-20-21-7-13/h6-7,14-17H,2-5,8-11H2,1H3,(H,19,24)(H,20,21)/t14-,15+,16+,17+/m1/s1. The van der Waals surface area contributed by atoms with Crippen LogP contribution in [0.15, 0.2) is 12.4 Å². The molecule has 1 aromatic heterocycles. The molecule has 4 heterocycles. The Bertz CT molecular complexity index is 631. The lowest BCUT2D eigenvalue weighted by atomic mass is 9.72. The Morgan fingerprint density at radius 2 is 2.24 bits per heavy atom. The van der Waals surface area contributed by atoms with Gasteiger partial charge in [0.25, 0.3) is 0 Å². The predicted molar refractivity (Wildman–Crippen MR) is 92.4 cm³/mol. The van der Waals surface area contributed by atoms with E-state index >= 15 is 0 Å². The third-order valence-electron chi connectivity index (χ3n) is 6.09. The van der Waals surface area contributed by atoms with Crippen LogP contribution in [0.2, 0.25) is 0 Å². The van der Waals surface area contributed by atoms with Crippen LogP contribution in [0.25, 0.3) is 0 Å². The van der Waals surface area contributed by atoms with Crippen molar-refractivity contribution in [2.24, 2.45) is 11.8 Å². The Morgan fingerprint density at radius 1 is 1.40 bits per heavy atom. The van der Waals surface area contributed by atoms with Gasteiger partial charge in [0.1, 0.15) is 0 Å². The summed E-state index contributed by atoms with van der Waals surface area (Å²) >= 11 is 0. The zero-order valence-corrected chi connectivity index (χ0v) is 14.8. The highest BCUT2D eigenvalue weighted by Crippen LogP contribution is 2.41. The Morgan fingerprint density at radius 3 is 3.00 bits per heavy atom. The summed E-state index contributed by atoms with van der Waals surface area (Å²) in [6.45, 7) is 5.05. The molecule has 0 saturated carbocycles. The van der Waals surface area contributed by atoms with Gasteiger partial charge in [0.15, 0.2) is 0 Å². The van der Waals surface area contributed by atoms with Crippen LogP contribution < -0.4 is 5.32 Å². The first kappa shape index (κ1) is 16.6. The number of piperidine rings is 3. The van der Waals surface area contributed by atoms with Gasteiger partial charge in [0.05, 0.1) is 12.2 Å². The van der Waals surface area contributed by atoms with Crippen LogP contribution in [0, 0.1) is 11.8 Å². The molecular formula is C18H27N5O2. The second-order valence-electron chi connectivity index (χ2n) is 7.82. The van der Waals surface area contributed by atoms with Crippen molar-refractivity contribution >= 4 is 11.8 Å². The minimum absolute atomic E-state index is 0.0193. The van der Waals surface area contributed by atoms with Gasteiger partial charge in [-0.15, -0.1) is 0 Å². The molecule has 3 saturated heterocycles. The van der Waals surface area contributed by atoms with Crippen molar-refractivity contribution in [2.75, 3.05) is 19.6 Å². The van der Waals surface area contributed by atoms with Crippen molar-refractivity contribution in [1.29, 1.82) is 0 Å². The van der Waals surface area contributed by atoms with E-state index in [4.69, 9.17) is 0 Å². The number of aromatic nitrogens is 2. The van der Waals surface area contributed by atoms with Gasteiger partial charge in [0, 0.05) is 57.3 Å². The fourth-order valence-corrected chi connectivity index (χ4v) is 5.13. The quantitative estimate of drug-likeness (QED) is 0.844. The van der Waals surface area contributed by atoms with Gasteiger partial charge < -0.3 is 10.2 Å². The molecule has 0 aromatic carbocycles. The minimum Gasteiger partial charge on any atom is -0.354 e. The highest BCUT2D eigenvalue weighted by atomic mass is 16.2. The molecule has 7 nitrogen and oxygen atoms in total. The molecule has 25 heavy (non-hydrogen) atoms. The molecule has 0 unspecified atom stereocenters. The van der Waals surface area contributed by atoms with Crippen LogP contribution in [-0.4, -0.2) is 63.5 Å². The van der Waals surface area contributed by atoms with Crippen molar-refractivity contribution < 1.29 is 9.59 Å². The number of carbonyl (C=O) groups excluding carboxylic acids is 2. The third kappa shape index (κ3) is 3.29. The normalized spacial score (nSPS) is 32.4. The number of rotatable bonds is 4. The molecule has 0 aliphatic carbocycles. The van der Waals surface area contributed by atoms with E-state index in [9.17, 15) is 9.59 Å². The van der Waals surface area contributed by atoms with Crippen molar-refractivity contribution in [3.8, 4) is 0 Å². The van der Waals surface area contributed by atoms with Gasteiger partial charge in [-0.05, 0) is 31.1 Å². The number of fused-ring (bicyclic) bond motifs is 4. The van der Waals surface area contributed by atoms with Crippen molar-refractivity contribution in [2.45, 2.75) is 51.2 Å². The van der Waals surface area contributed by atoms with Crippen LogP contribution in [-0.2, 0) is 16.1 Å². The number of aromatic amines is 1.